The molecule has 1 aromatic carbocycles. The molecule has 0 radical (unpaired) electrons. The van der Waals surface area contributed by atoms with E-state index in [1.54, 1.807) is 12.1 Å². The van der Waals surface area contributed by atoms with E-state index in [2.05, 4.69) is 4.74 Å². The highest BCUT2D eigenvalue weighted by Crippen LogP contribution is 2.28. The second-order valence-corrected chi connectivity index (χ2v) is 4.13. The van der Waals surface area contributed by atoms with E-state index in [1.165, 1.54) is 7.11 Å². The van der Waals surface area contributed by atoms with Gasteiger partial charge >= 0.3 is 5.97 Å². The summed E-state index contributed by atoms with van der Waals surface area (Å²) in [5.41, 5.74) is 1.38. The fourth-order valence-corrected chi connectivity index (χ4v) is 1.48. The van der Waals surface area contributed by atoms with Gasteiger partial charge in [0.2, 0.25) is 0 Å². The fraction of sp³-hybridized carbons (Fsp3) is 0.462. The second kappa shape index (κ2) is 5.68. The summed E-state index contributed by atoms with van der Waals surface area (Å²) in [5.74, 6) is -0.187. The highest BCUT2D eigenvalue weighted by atomic mass is 16.5. The van der Waals surface area contributed by atoms with Crippen molar-refractivity contribution in [2.24, 2.45) is 0 Å². The van der Waals surface area contributed by atoms with E-state index in [0.717, 1.165) is 5.56 Å². The molecular formula is C13H18O4. The van der Waals surface area contributed by atoms with Crippen LogP contribution < -0.4 is 4.74 Å². The minimum Gasteiger partial charge on any atom is -0.491 e. The number of hydrogen-bond donors (Lipinski definition) is 1. The maximum absolute atomic E-state index is 11.3. The number of carbonyl (C=O) groups is 1. The summed E-state index contributed by atoms with van der Waals surface area (Å²) in [6, 6.07) is 5.33. The van der Waals surface area contributed by atoms with Crippen molar-refractivity contribution in [1.82, 2.24) is 0 Å². The molecule has 0 aliphatic rings. The first kappa shape index (κ1) is 13.5. The van der Waals surface area contributed by atoms with Gasteiger partial charge in [0.15, 0.2) is 6.10 Å². The number of aliphatic hydroxyl groups is 1. The van der Waals surface area contributed by atoms with Gasteiger partial charge in [0.05, 0.1) is 13.2 Å². The van der Waals surface area contributed by atoms with Gasteiger partial charge in [0, 0.05) is 5.56 Å². The zero-order valence-corrected chi connectivity index (χ0v) is 10.6. The predicted octanol–water partition coefficient (Wildman–Crippen LogP) is 1.99. The van der Waals surface area contributed by atoms with Gasteiger partial charge in [-0.3, -0.25) is 0 Å². The standard InChI is InChI=1S/C13H18O4/c1-8(2)17-11-6-5-9(3)7-10(11)12(14)13(15)16-4/h5-8,12,14H,1-4H3. The highest BCUT2D eigenvalue weighted by Gasteiger charge is 2.22. The number of benzene rings is 1. The molecule has 1 N–H and O–H groups in total. The van der Waals surface area contributed by atoms with E-state index in [9.17, 15) is 9.90 Å². The van der Waals surface area contributed by atoms with E-state index < -0.39 is 12.1 Å². The lowest BCUT2D eigenvalue weighted by Gasteiger charge is -2.17. The molecule has 1 aromatic rings. The van der Waals surface area contributed by atoms with Crippen molar-refractivity contribution in [3.05, 3.63) is 29.3 Å². The van der Waals surface area contributed by atoms with Crippen molar-refractivity contribution in [2.45, 2.75) is 33.0 Å². The Hall–Kier alpha value is -1.55. The van der Waals surface area contributed by atoms with Gasteiger partial charge in [-0.2, -0.15) is 0 Å². The van der Waals surface area contributed by atoms with Crippen LogP contribution in [0.5, 0.6) is 5.75 Å². The molecule has 0 aliphatic carbocycles. The SMILES string of the molecule is COC(=O)C(O)c1cc(C)ccc1OC(C)C. The largest absolute Gasteiger partial charge is 0.491 e. The first-order valence-electron chi connectivity index (χ1n) is 5.48. The highest BCUT2D eigenvalue weighted by molar-refractivity contribution is 5.77. The summed E-state index contributed by atoms with van der Waals surface area (Å²) in [7, 11) is 1.24. The summed E-state index contributed by atoms with van der Waals surface area (Å²) >= 11 is 0. The van der Waals surface area contributed by atoms with Crippen molar-refractivity contribution in [3.63, 3.8) is 0 Å². The Bertz CT molecular complexity index is 398. The van der Waals surface area contributed by atoms with E-state index >= 15 is 0 Å². The normalized spacial score (nSPS) is 12.4. The van der Waals surface area contributed by atoms with Crippen molar-refractivity contribution >= 4 is 5.97 Å². The molecule has 0 saturated heterocycles. The molecule has 4 heteroatoms. The van der Waals surface area contributed by atoms with Gasteiger partial charge in [-0.25, -0.2) is 4.79 Å². The van der Waals surface area contributed by atoms with Gasteiger partial charge in [0.1, 0.15) is 5.75 Å². The van der Waals surface area contributed by atoms with E-state index in [4.69, 9.17) is 4.74 Å². The van der Waals surface area contributed by atoms with Crippen LogP contribution in [-0.2, 0) is 9.53 Å². The smallest absolute Gasteiger partial charge is 0.339 e. The first-order valence-corrected chi connectivity index (χ1v) is 5.48. The molecule has 0 bridgehead atoms. The van der Waals surface area contributed by atoms with Crippen LogP contribution in [0, 0.1) is 6.92 Å². The molecule has 1 atom stereocenters. The number of methoxy groups -OCH3 is 1. The van der Waals surface area contributed by atoms with Gasteiger partial charge in [-0.1, -0.05) is 11.6 Å². The van der Waals surface area contributed by atoms with Crippen LogP contribution in [0.4, 0.5) is 0 Å². The molecule has 1 rings (SSSR count). The van der Waals surface area contributed by atoms with Crippen molar-refractivity contribution in [1.29, 1.82) is 0 Å². The van der Waals surface area contributed by atoms with Crippen LogP contribution in [0.2, 0.25) is 0 Å². The van der Waals surface area contributed by atoms with Gasteiger partial charge < -0.3 is 14.6 Å². The zero-order chi connectivity index (χ0) is 13.0. The third kappa shape index (κ3) is 3.46. The van der Waals surface area contributed by atoms with Crippen LogP contribution in [0.15, 0.2) is 18.2 Å². The number of esters is 1. The summed E-state index contributed by atoms with van der Waals surface area (Å²) in [6.07, 6.45) is -1.34. The fourth-order valence-electron chi connectivity index (χ4n) is 1.48. The minimum atomic E-state index is -1.31. The van der Waals surface area contributed by atoms with Crippen molar-refractivity contribution < 1.29 is 19.4 Å². The average Bonchev–Trinajstić information content (AvgIpc) is 2.29. The van der Waals surface area contributed by atoms with Crippen LogP contribution in [-0.4, -0.2) is 24.3 Å². The Morgan fingerprint density at radius 1 is 1.35 bits per heavy atom. The van der Waals surface area contributed by atoms with Crippen LogP contribution in [0.25, 0.3) is 0 Å². The quantitative estimate of drug-likeness (QED) is 0.815. The Labute approximate surface area is 101 Å². The Balaban J connectivity index is 3.10. The maximum Gasteiger partial charge on any atom is 0.339 e. The van der Waals surface area contributed by atoms with Crippen LogP contribution in [0.1, 0.15) is 31.1 Å². The van der Waals surface area contributed by atoms with Gasteiger partial charge in [-0.05, 0) is 32.9 Å². The van der Waals surface area contributed by atoms with E-state index in [1.807, 2.05) is 26.8 Å². The lowest BCUT2D eigenvalue weighted by atomic mass is 10.1. The molecular weight excluding hydrogens is 220 g/mol. The first-order chi connectivity index (χ1) is 7.95. The topological polar surface area (TPSA) is 55.8 Å². The summed E-state index contributed by atoms with van der Waals surface area (Å²) in [6.45, 7) is 5.65. The predicted molar refractivity (Wildman–Crippen MR) is 63.9 cm³/mol. The minimum absolute atomic E-state index is 0.0266. The van der Waals surface area contributed by atoms with Crippen molar-refractivity contribution in [2.75, 3.05) is 7.11 Å². The molecule has 0 fully saturated rings. The summed E-state index contributed by atoms with van der Waals surface area (Å²) in [5, 5.41) is 9.85. The Morgan fingerprint density at radius 3 is 2.53 bits per heavy atom. The number of hydrogen-bond acceptors (Lipinski definition) is 4. The van der Waals surface area contributed by atoms with Gasteiger partial charge in [0.25, 0.3) is 0 Å². The zero-order valence-electron chi connectivity index (χ0n) is 10.6. The molecule has 0 saturated carbocycles. The molecule has 17 heavy (non-hydrogen) atoms. The van der Waals surface area contributed by atoms with Crippen molar-refractivity contribution in [3.8, 4) is 5.75 Å². The number of rotatable bonds is 4. The van der Waals surface area contributed by atoms with E-state index in [0.29, 0.717) is 11.3 Å². The van der Waals surface area contributed by atoms with Crippen LogP contribution >= 0.6 is 0 Å². The molecule has 4 nitrogen and oxygen atoms in total. The maximum atomic E-state index is 11.3. The lowest BCUT2D eigenvalue weighted by molar-refractivity contribution is -0.150. The molecule has 0 heterocycles. The van der Waals surface area contributed by atoms with Gasteiger partial charge in [-0.15, -0.1) is 0 Å². The monoisotopic (exact) mass is 238 g/mol. The third-order valence-corrected chi connectivity index (χ3v) is 2.25. The lowest BCUT2D eigenvalue weighted by Crippen LogP contribution is -2.16. The average molecular weight is 238 g/mol. The second-order valence-electron chi connectivity index (χ2n) is 4.13. The molecule has 94 valence electrons. The Kier molecular flexibility index (Phi) is 4.52. The molecule has 0 amide bonds. The number of aryl methyl sites for hydroxylation is 1. The molecule has 1 unspecified atom stereocenters. The number of carbonyl (C=O) groups excluding carboxylic acids is 1. The van der Waals surface area contributed by atoms with Crippen LogP contribution in [0.3, 0.4) is 0 Å². The molecule has 0 spiro atoms. The number of aliphatic hydroxyl groups excluding tert-OH is 1. The third-order valence-electron chi connectivity index (χ3n) is 2.25. The summed E-state index contributed by atoms with van der Waals surface area (Å²) in [4.78, 5) is 11.3. The molecule has 0 aliphatic heterocycles. The molecule has 0 aromatic heterocycles. The summed E-state index contributed by atoms with van der Waals surface area (Å²) < 4.78 is 10.1. The van der Waals surface area contributed by atoms with E-state index in [-0.39, 0.29) is 6.10 Å². The number of ether oxygens (including phenoxy) is 2. The Morgan fingerprint density at radius 2 is 2.00 bits per heavy atom.